The molecule has 1 aliphatic rings. The van der Waals surface area contributed by atoms with Crippen LogP contribution in [-0.4, -0.2) is 64.4 Å². The molecule has 1 aromatic heterocycles. The van der Waals surface area contributed by atoms with Crippen molar-refractivity contribution in [2.75, 3.05) is 32.7 Å². The molecule has 1 saturated heterocycles. The SMILES string of the molecule is CCN(Cc1ccccc1)C(=O)[C@H](C)N1CCN(Cc2nc3ccccc3s2)CC1. The van der Waals surface area contributed by atoms with E-state index in [1.54, 1.807) is 11.3 Å². The monoisotopic (exact) mass is 422 g/mol. The lowest BCUT2D eigenvalue weighted by Crippen LogP contribution is -2.54. The van der Waals surface area contributed by atoms with Crippen LogP contribution in [0.4, 0.5) is 0 Å². The second-order valence-electron chi connectivity index (χ2n) is 7.90. The van der Waals surface area contributed by atoms with E-state index in [9.17, 15) is 4.79 Å². The number of para-hydroxylation sites is 1. The number of hydrogen-bond donors (Lipinski definition) is 0. The number of amides is 1. The Bertz CT molecular complexity index is 933. The van der Waals surface area contributed by atoms with Crippen LogP contribution in [0.15, 0.2) is 54.6 Å². The first-order valence-corrected chi connectivity index (χ1v) is 11.6. The largest absolute Gasteiger partial charge is 0.337 e. The van der Waals surface area contributed by atoms with Crippen LogP contribution < -0.4 is 0 Å². The fourth-order valence-corrected chi connectivity index (χ4v) is 5.07. The summed E-state index contributed by atoms with van der Waals surface area (Å²) >= 11 is 1.78. The van der Waals surface area contributed by atoms with Crippen molar-refractivity contribution in [3.63, 3.8) is 0 Å². The molecule has 0 unspecified atom stereocenters. The van der Waals surface area contributed by atoms with Crippen molar-refractivity contribution in [2.24, 2.45) is 0 Å². The number of fused-ring (bicyclic) bond motifs is 1. The van der Waals surface area contributed by atoms with E-state index >= 15 is 0 Å². The Morgan fingerprint density at radius 2 is 1.77 bits per heavy atom. The number of piperazine rings is 1. The Kier molecular flexibility index (Phi) is 6.77. The van der Waals surface area contributed by atoms with Gasteiger partial charge in [0.1, 0.15) is 5.01 Å². The summed E-state index contributed by atoms with van der Waals surface area (Å²) in [4.78, 5) is 24.6. The molecule has 2 aromatic carbocycles. The van der Waals surface area contributed by atoms with Gasteiger partial charge in [-0.05, 0) is 31.5 Å². The van der Waals surface area contributed by atoms with Crippen LogP contribution in [-0.2, 0) is 17.9 Å². The molecular weight excluding hydrogens is 392 g/mol. The van der Waals surface area contributed by atoms with Crippen molar-refractivity contribution in [3.8, 4) is 0 Å². The second-order valence-corrected chi connectivity index (χ2v) is 9.02. The van der Waals surface area contributed by atoms with Crippen LogP contribution in [0.2, 0.25) is 0 Å². The fraction of sp³-hybridized carbons (Fsp3) is 0.417. The molecule has 0 saturated carbocycles. The maximum Gasteiger partial charge on any atom is 0.239 e. The van der Waals surface area contributed by atoms with Gasteiger partial charge in [-0.1, -0.05) is 42.5 Å². The van der Waals surface area contributed by atoms with E-state index in [4.69, 9.17) is 4.98 Å². The highest BCUT2D eigenvalue weighted by Crippen LogP contribution is 2.23. The molecule has 2 heterocycles. The van der Waals surface area contributed by atoms with E-state index in [-0.39, 0.29) is 11.9 Å². The Morgan fingerprint density at radius 1 is 1.07 bits per heavy atom. The van der Waals surface area contributed by atoms with Crippen molar-refractivity contribution < 1.29 is 4.79 Å². The number of aromatic nitrogens is 1. The van der Waals surface area contributed by atoms with E-state index in [0.717, 1.165) is 44.8 Å². The van der Waals surface area contributed by atoms with Crippen molar-refractivity contribution in [3.05, 3.63) is 65.2 Å². The Labute approximate surface area is 182 Å². The third-order valence-corrected chi connectivity index (χ3v) is 6.94. The number of carbonyl (C=O) groups excluding carboxylic acids is 1. The molecule has 1 fully saturated rings. The van der Waals surface area contributed by atoms with Gasteiger partial charge in [-0.2, -0.15) is 0 Å². The Balaban J connectivity index is 1.30. The highest BCUT2D eigenvalue weighted by Gasteiger charge is 2.28. The van der Waals surface area contributed by atoms with Gasteiger partial charge in [0.15, 0.2) is 0 Å². The molecule has 1 aliphatic heterocycles. The van der Waals surface area contributed by atoms with Crippen molar-refractivity contribution in [1.29, 1.82) is 0 Å². The van der Waals surface area contributed by atoms with Gasteiger partial charge in [0, 0.05) is 39.3 Å². The summed E-state index contributed by atoms with van der Waals surface area (Å²) in [5, 5.41) is 1.17. The summed E-state index contributed by atoms with van der Waals surface area (Å²) < 4.78 is 1.25. The summed E-state index contributed by atoms with van der Waals surface area (Å²) in [5.74, 6) is 0.223. The zero-order valence-corrected chi connectivity index (χ0v) is 18.6. The Hall–Kier alpha value is -2.28. The topological polar surface area (TPSA) is 39.7 Å². The van der Waals surface area contributed by atoms with Crippen LogP contribution in [0.25, 0.3) is 10.2 Å². The van der Waals surface area contributed by atoms with Gasteiger partial charge in [-0.25, -0.2) is 4.98 Å². The smallest absolute Gasteiger partial charge is 0.239 e. The minimum absolute atomic E-state index is 0.0849. The van der Waals surface area contributed by atoms with Gasteiger partial charge < -0.3 is 4.90 Å². The predicted molar refractivity (Wildman–Crippen MR) is 123 cm³/mol. The molecule has 5 nitrogen and oxygen atoms in total. The van der Waals surface area contributed by atoms with Gasteiger partial charge in [0.05, 0.1) is 22.8 Å². The van der Waals surface area contributed by atoms with E-state index in [0.29, 0.717) is 6.54 Å². The molecule has 1 amide bonds. The maximum absolute atomic E-state index is 13.1. The molecule has 158 valence electrons. The molecule has 4 rings (SSSR count). The normalized spacial score (nSPS) is 16.6. The second kappa shape index (κ2) is 9.69. The lowest BCUT2D eigenvalue weighted by Gasteiger charge is -2.38. The number of hydrogen-bond acceptors (Lipinski definition) is 5. The minimum atomic E-state index is -0.0849. The summed E-state index contributed by atoms with van der Waals surface area (Å²) in [7, 11) is 0. The van der Waals surface area contributed by atoms with Gasteiger partial charge >= 0.3 is 0 Å². The van der Waals surface area contributed by atoms with Gasteiger partial charge in [0.2, 0.25) is 5.91 Å². The first kappa shape index (κ1) is 21.0. The number of likely N-dealkylation sites (N-methyl/N-ethyl adjacent to an activating group) is 1. The molecule has 3 aromatic rings. The maximum atomic E-state index is 13.1. The van der Waals surface area contributed by atoms with Crippen LogP contribution in [0.5, 0.6) is 0 Å². The molecular formula is C24H30N4OS. The summed E-state index contributed by atoms with van der Waals surface area (Å²) in [5.41, 5.74) is 2.27. The van der Waals surface area contributed by atoms with E-state index in [2.05, 4.69) is 54.0 Å². The zero-order chi connectivity index (χ0) is 20.9. The quantitative estimate of drug-likeness (QED) is 0.580. The van der Waals surface area contributed by atoms with E-state index in [1.165, 1.54) is 15.3 Å². The van der Waals surface area contributed by atoms with Crippen molar-refractivity contribution >= 4 is 27.5 Å². The first-order valence-electron chi connectivity index (χ1n) is 10.8. The highest BCUT2D eigenvalue weighted by atomic mass is 32.1. The zero-order valence-electron chi connectivity index (χ0n) is 17.8. The molecule has 0 N–H and O–H groups in total. The van der Waals surface area contributed by atoms with Crippen LogP contribution in [0, 0.1) is 0 Å². The van der Waals surface area contributed by atoms with Crippen molar-refractivity contribution in [2.45, 2.75) is 33.0 Å². The molecule has 30 heavy (non-hydrogen) atoms. The van der Waals surface area contributed by atoms with Crippen LogP contribution >= 0.6 is 11.3 Å². The summed E-state index contributed by atoms with van der Waals surface area (Å²) in [6, 6.07) is 18.5. The number of rotatable bonds is 7. The van der Waals surface area contributed by atoms with E-state index in [1.807, 2.05) is 29.2 Å². The van der Waals surface area contributed by atoms with Crippen LogP contribution in [0.3, 0.4) is 0 Å². The third kappa shape index (κ3) is 4.89. The summed E-state index contributed by atoms with van der Waals surface area (Å²) in [6.45, 7) is 10.2. The molecule has 0 aliphatic carbocycles. The molecule has 1 atom stereocenters. The standard InChI is InChI=1S/C24H30N4OS/c1-3-27(17-20-9-5-4-6-10-20)24(29)19(2)28-15-13-26(14-16-28)18-23-25-21-11-7-8-12-22(21)30-23/h4-12,19H,3,13-18H2,1-2H3/t19-/m0/s1. The average Bonchev–Trinajstić information content (AvgIpc) is 3.20. The Morgan fingerprint density at radius 3 is 2.47 bits per heavy atom. The van der Waals surface area contributed by atoms with Gasteiger partial charge in [0.25, 0.3) is 0 Å². The average molecular weight is 423 g/mol. The lowest BCUT2D eigenvalue weighted by atomic mass is 10.1. The number of benzene rings is 2. The number of nitrogens with zero attached hydrogens (tertiary/aromatic N) is 4. The van der Waals surface area contributed by atoms with Crippen LogP contribution in [0.1, 0.15) is 24.4 Å². The lowest BCUT2D eigenvalue weighted by molar-refractivity contribution is -0.137. The highest BCUT2D eigenvalue weighted by molar-refractivity contribution is 7.18. The predicted octanol–water partition coefficient (Wildman–Crippen LogP) is 3.85. The van der Waals surface area contributed by atoms with Gasteiger partial charge in [-0.15, -0.1) is 11.3 Å². The van der Waals surface area contributed by atoms with Gasteiger partial charge in [-0.3, -0.25) is 14.6 Å². The number of thiazole rings is 1. The molecule has 0 radical (unpaired) electrons. The first-order chi connectivity index (χ1) is 14.6. The minimum Gasteiger partial charge on any atom is -0.337 e. The summed E-state index contributed by atoms with van der Waals surface area (Å²) in [6.07, 6.45) is 0. The molecule has 0 bridgehead atoms. The third-order valence-electron chi connectivity index (χ3n) is 5.92. The van der Waals surface area contributed by atoms with E-state index < -0.39 is 0 Å². The molecule has 6 heteroatoms. The van der Waals surface area contributed by atoms with Crippen molar-refractivity contribution in [1.82, 2.24) is 19.7 Å². The number of carbonyl (C=O) groups is 1. The fourth-order valence-electron chi connectivity index (χ4n) is 4.06. The molecule has 0 spiro atoms.